The lowest BCUT2D eigenvalue weighted by molar-refractivity contribution is 0.617. The third-order valence-electron chi connectivity index (χ3n) is 0.774. The first-order chi connectivity index (χ1) is 6.09. The lowest BCUT2D eigenvalue weighted by Crippen LogP contribution is -2.22. The molecule has 2 nitrogen and oxygen atoms in total. The summed E-state index contributed by atoms with van der Waals surface area (Å²) in [5, 5.41) is 0. The van der Waals surface area contributed by atoms with Gasteiger partial charge in [-0.1, -0.05) is 41.0 Å². The van der Waals surface area contributed by atoms with Gasteiger partial charge in [0.1, 0.15) is 0 Å². The zero-order chi connectivity index (χ0) is 11.3. The Bertz CT molecular complexity index is 102. The summed E-state index contributed by atoms with van der Waals surface area (Å²) < 4.78 is 11.8. The smallest absolute Gasteiger partial charge is 0.203 e. The van der Waals surface area contributed by atoms with Crippen LogP contribution in [0, 0.1) is 0 Å². The van der Waals surface area contributed by atoms with E-state index in [0.29, 0.717) is 6.54 Å². The van der Waals surface area contributed by atoms with Gasteiger partial charge in [0.05, 0.1) is 11.0 Å². The largest absolute Gasteiger partial charge is 0.278 e. The van der Waals surface area contributed by atoms with Gasteiger partial charge in [0.2, 0.25) is 7.98 Å². The zero-order valence-corrected chi connectivity index (χ0v) is 10.8. The summed E-state index contributed by atoms with van der Waals surface area (Å²) in [6.07, 6.45) is 3.76. The van der Waals surface area contributed by atoms with Crippen LogP contribution in [0.15, 0.2) is 0 Å². The van der Waals surface area contributed by atoms with Crippen LogP contribution in [0.2, 0.25) is 0 Å². The highest BCUT2D eigenvalue weighted by Gasteiger charge is 1.96. The third kappa shape index (κ3) is 24.5. The lowest BCUT2D eigenvalue weighted by Gasteiger charge is -2.10. The zero-order valence-electron chi connectivity index (χ0n) is 9.96. The summed E-state index contributed by atoms with van der Waals surface area (Å²) >= 11 is 0. The summed E-state index contributed by atoms with van der Waals surface area (Å²) in [4.78, 5) is 0. The first-order valence-electron chi connectivity index (χ1n) is 4.95. The van der Waals surface area contributed by atoms with Crippen molar-refractivity contribution in [2.24, 2.45) is 0 Å². The summed E-state index contributed by atoms with van der Waals surface area (Å²) in [6.45, 7) is 10.9. The number of hydrogen-bond donors (Lipinski definition) is 0. The van der Waals surface area contributed by atoms with Crippen LogP contribution < -0.4 is 0 Å². The summed E-state index contributed by atoms with van der Waals surface area (Å²) in [7, 11) is 4.26. The van der Waals surface area contributed by atoms with Crippen LogP contribution >= 0.6 is 0 Å². The van der Waals surface area contributed by atoms with Crippen molar-refractivity contribution in [2.45, 2.75) is 47.5 Å². The van der Waals surface area contributed by atoms with Gasteiger partial charge in [0.15, 0.2) is 0 Å². The van der Waals surface area contributed by atoms with Gasteiger partial charge in [-0.05, 0) is 13.0 Å². The summed E-state index contributed by atoms with van der Waals surface area (Å²) in [5.74, 6) is 0. The average molecular weight is 205 g/mol. The molecule has 0 N–H and O–H groups in total. The van der Waals surface area contributed by atoms with E-state index in [0.717, 1.165) is 6.42 Å². The molecule has 4 heteroatoms. The Morgan fingerprint density at radius 1 is 1.23 bits per heavy atom. The predicted molar refractivity (Wildman–Crippen MR) is 64.1 cm³/mol. The van der Waals surface area contributed by atoms with Crippen LogP contribution in [0.5, 0.6) is 0 Å². The second kappa shape index (κ2) is 18.1. The maximum absolute atomic E-state index is 10.4. The molecule has 0 bridgehead atoms. The minimum absolute atomic E-state index is 0.698. The van der Waals surface area contributed by atoms with Gasteiger partial charge in [-0.25, -0.2) is 4.21 Å². The van der Waals surface area contributed by atoms with Crippen LogP contribution in [0.25, 0.3) is 0 Å². The molecule has 0 spiro atoms. The van der Waals surface area contributed by atoms with Crippen molar-refractivity contribution in [3.05, 3.63) is 0 Å². The topological polar surface area (TPSA) is 20.3 Å². The molecule has 0 aromatic heterocycles. The molecule has 0 aliphatic rings. The van der Waals surface area contributed by atoms with Crippen LogP contribution in [-0.2, 0) is 11.0 Å². The van der Waals surface area contributed by atoms with Crippen molar-refractivity contribution in [3.63, 3.8) is 0 Å². The molecule has 0 aliphatic carbocycles. The molecule has 0 aliphatic heterocycles. The molecule has 13 heavy (non-hydrogen) atoms. The van der Waals surface area contributed by atoms with Crippen LogP contribution in [-0.4, -0.2) is 29.2 Å². The van der Waals surface area contributed by atoms with E-state index in [4.69, 9.17) is 7.98 Å². The van der Waals surface area contributed by atoms with Crippen molar-refractivity contribution in [2.75, 3.05) is 12.8 Å². The second-order valence-electron chi connectivity index (χ2n) is 2.27. The fourth-order valence-corrected chi connectivity index (χ4v) is 0.789. The Labute approximate surface area is 88.1 Å². The predicted octanol–water partition coefficient (Wildman–Crippen LogP) is 2.52. The molecule has 0 saturated heterocycles. The van der Waals surface area contributed by atoms with Crippen molar-refractivity contribution in [1.29, 1.82) is 0 Å². The average Bonchev–Trinajstić information content (AvgIpc) is 2.10. The molecule has 80 valence electrons. The maximum atomic E-state index is 10.4. The Morgan fingerprint density at radius 2 is 1.54 bits per heavy atom. The fraction of sp³-hybridized carbons (Fsp3) is 1.00. The van der Waals surface area contributed by atoms with Crippen LogP contribution in [0.1, 0.15) is 47.5 Å². The Balaban J connectivity index is -0.000000169. The van der Waals surface area contributed by atoms with Crippen molar-refractivity contribution in [1.82, 2.24) is 4.22 Å². The van der Waals surface area contributed by atoms with E-state index in [-0.39, 0.29) is 0 Å². The lowest BCUT2D eigenvalue weighted by atomic mass is 10.4. The van der Waals surface area contributed by atoms with Gasteiger partial charge >= 0.3 is 0 Å². The molecule has 0 saturated carbocycles. The molecule has 0 fully saturated rings. The first kappa shape index (κ1) is 18.9. The van der Waals surface area contributed by atoms with E-state index in [2.05, 4.69) is 13.8 Å². The van der Waals surface area contributed by atoms with E-state index in [9.17, 15) is 4.21 Å². The van der Waals surface area contributed by atoms with E-state index in [1.165, 1.54) is 10.6 Å². The Hall–Kier alpha value is 0.175. The third-order valence-corrected chi connectivity index (χ3v) is 1.62. The Morgan fingerprint density at radius 3 is 1.62 bits per heavy atom. The van der Waals surface area contributed by atoms with E-state index in [1.807, 2.05) is 20.8 Å². The number of rotatable bonds is 3. The highest BCUT2D eigenvalue weighted by molar-refractivity contribution is 7.82. The second-order valence-corrected chi connectivity index (χ2v) is 3.59. The van der Waals surface area contributed by atoms with E-state index < -0.39 is 11.0 Å². The fourth-order valence-electron chi connectivity index (χ4n) is 0.349. The molecule has 1 unspecified atom stereocenters. The molecule has 0 rings (SSSR count). The van der Waals surface area contributed by atoms with Gasteiger partial charge in [-0.3, -0.25) is 4.22 Å². The standard InChI is InChI=1S/C4H10BNOS.C3H8.C2H6/c1-3-4-6(5)8(2)7;1-3-2;1-2/h3-4H2,1-2H3;3H2,1-2H3;1-2H3. The SMILES string of the molecule is CC.CCC.[B]N(CCC)S(C)=O. The maximum Gasteiger partial charge on any atom is 0.203 e. The summed E-state index contributed by atoms with van der Waals surface area (Å²) in [6, 6.07) is 0. The molecular weight excluding hydrogens is 181 g/mol. The van der Waals surface area contributed by atoms with Gasteiger partial charge in [-0.2, -0.15) is 0 Å². The highest BCUT2D eigenvalue weighted by Crippen LogP contribution is 1.86. The number of hydrogen-bond acceptors (Lipinski definition) is 1. The van der Waals surface area contributed by atoms with Gasteiger partial charge in [-0.15, -0.1) is 0 Å². The molecule has 2 radical (unpaired) electrons. The van der Waals surface area contributed by atoms with Crippen LogP contribution in [0.3, 0.4) is 0 Å². The normalized spacial score (nSPS) is 10.7. The molecule has 1 atom stereocenters. The molecule has 0 amide bonds. The molecular formula is C9H24BNOS. The highest BCUT2D eigenvalue weighted by atomic mass is 32.2. The molecule has 0 aromatic rings. The van der Waals surface area contributed by atoms with Crippen molar-refractivity contribution >= 4 is 19.0 Å². The number of nitrogens with zero attached hydrogens (tertiary/aromatic N) is 1. The minimum Gasteiger partial charge on any atom is -0.278 e. The van der Waals surface area contributed by atoms with E-state index in [1.54, 1.807) is 6.26 Å². The quantitative estimate of drug-likeness (QED) is 0.648. The van der Waals surface area contributed by atoms with Crippen molar-refractivity contribution < 1.29 is 4.21 Å². The van der Waals surface area contributed by atoms with Crippen LogP contribution in [0.4, 0.5) is 0 Å². The summed E-state index contributed by atoms with van der Waals surface area (Å²) in [5.41, 5.74) is 0. The van der Waals surface area contributed by atoms with Crippen molar-refractivity contribution in [3.8, 4) is 0 Å². The Kier molecular flexibility index (Phi) is 26.2. The molecule has 0 heterocycles. The first-order valence-corrected chi connectivity index (χ1v) is 6.47. The van der Waals surface area contributed by atoms with Gasteiger partial charge < -0.3 is 0 Å². The van der Waals surface area contributed by atoms with Gasteiger partial charge in [0, 0.05) is 6.26 Å². The monoisotopic (exact) mass is 205 g/mol. The van der Waals surface area contributed by atoms with E-state index >= 15 is 0 Å². The molecule has 0 aromatic carbocycles. The minimum atomic E-state index is -0.999. The van der Waals surface area contributed by atoms with Gasteiger partial charge in [0.25, 0.3) is 0 Å².